The third kappa shape index (κ3) is 3.98. The van der Waals surface area contributed by atoms with Crippen LogP contribution in [0.2, 0.25) is 4.13 Å². The molecule has 2 atom stereocenters. The molecule has 2 aliphatic carbocycles. The molecule has 0 bridgehead atoms. The van der Waals surface area contributed by atoms with E-state index in [1.807, 2.05) is 0 Å². The summed E-state index contributed by atoms with van der Waals surface area (Å²) < 4.78 is 3.07. The molecule has 3 aromatic carbocycles. The van der Waals surface area contributed by atoms with E-state index in [9.17, 15) is 0 Å². The van der Waals surface area contributed by atoms with Gasteiger partial charge in [0.05, 0.1) is 0 Å². The van der Waals surface area contributed by atoms with E-state index in [0.29, 0.717) is 11.8 Å². The molecule has 0 N–H and O–H groups in total. The van der Waals surface area contributed by atoms with Gasteiger partial charge in [0, 0.05) is 0 Å². The molecule has 0 saturated carbocycles. The molecule has 0 radical (unpaired) electrons. The molecule has 2 aliphatic rings. The van der Waals surface area contributed by atoms with Gasteiger partial charge in [-0.2, -0.15) is 0 Å². The van der Waals surface area contributed by atoms with Crippen molar-refractivity contribution in [2.75, 3.05) is 0 Å². The zero-order valence-corrected chi connectivity index (χ0v) is 20.1. The molecule has 0 amide bonds. The number of rotatable bonds is 7. The van der Waals surface area contributed by atoms with E-state index in [2.05, 4.69) is 98.0 Å². The average Bonchev–Trinajstić information content (AvgIpc) is 3.41. The van der Waals surface area contributed by atoms with Gasteiger partial charge in [-0.1, -0.05) is 0 Å². The predicted octanol–water partition coefficient (Wildman–Crippen LogP) is 7.12. The summed E-state index contributed by atoms with van der Waals surface area (Å²) in [6.07, 6.45) is 13.2. The van der Waals surface area contributed by atoms with Gasteiger partial charge in [0.1, 0.15) is 0 Å². The molecule has 0 saturated heterocycles. The summed E-state index contributed by atoms with van der Waals surface area (Å²) in [4.78, 5) is 0. The van der Waals surface area contributed by atoms with Crippen molar-refractivity contribution in [2.45, 2.75) is 42.2 Å². The van der Waals surface area contributed by atoms with E-state index in [1.54, 1.807) is 8.83 Å². The van der Waals surface area contributed by atoms with Crippen molar-refractivity contribution in [3.63, 3.8) is 0 Å². The molecule has 0 heterocycles. The monoisotopic (exact) mass is 466 g/mol. The first kappa shape index (κ1) is 20.0. The van der Waals surface area contributed by atoms with Gasteiger partial charge in [0.15, 0.2) is 0 Å². The van der Waals surface area contributed by atoms with Crippen LogP contribution >= 0.6 is 0 Å². The molecule has 5 rings (SSSR count). The Bertz CT molecular complexity index is 1100. The maximum atomic E-state index is 2.54. The maximum absolute atomic E-state index is 2.54. The minimum atomic E-state index is -0.629. The predicted molar refractivity (Wildman–Crippen MR) is 125 cm³/mol. The van der Waals surface area contributed by atoms with Crippen molar-refractivity contribution in [3.8, 4) is 0 Å². The fraction of sp³-hybridized carbons (Fsp3) is 0.241. The molecule has 0 nitrogen and oxygen atoms in total. The second-order valence-corrected chi connectivity index (χ2v) is 11.7. The Hall–Kier alpha value is -1.98. The van der Waals surface area contributed by atoms with Crippen LogP contribution in [-0.4, -0.2) is 0 Å². The molecular weight excluding hydrogens is 440 g/mol. The Kier molecular flexibility index (Phi) is 6.01. The number of unbranched alkanes of at least 4 members (excludes halogenated alkanes) is 1. The zero-order valence-electron chi connectivity index (χ0n) is 17.6. The van der Waals surface area contributed by atoms with Gasteiger partial charge >= 0.3 is 193 Å². The molecule has 0 fully saturated rings. The van der Waals surface area contributed by atoms with Crippen LogP contribution in [0.3, 0.4) is 0 Å². The van der Waals surface area contributed by atoms with Crippen LogP contribution < -0.4 is 3.27 Å². The number of aryl methyl sites for hydroxylation is 1. The van der Waals surface area contributed by atoms with Crippen molar-refractivity contribution >= 4 is 15.4 Å². The Morgan fingerprint density at radius 3 is 2.37 bits per heavy atom. The van der Waals surface area contributed by atoms with Gasteiger partial charge < -0.3 is 0 Å². The number of fused-ring (bicyclic) bond motifs is 2. The molecule has 0 aliphatic heterocycles. The fourth-order valence-corrected chi connectivity index (χ4v) is 8.31. The van der Waals surface area contributed by atoms with Crippen LogP contribution in [0, 0.1) is 0 Å². The van der Waals surface area contributed by atoms with Gasteiger partial charge in [-0.05, 0) is 0 Å². The van der Waals surface area contributed by atoms with E-state index < -0.39 is 23.2 Å². The molecule has 30 heavy (non-hydrogen) atoms. The first-order chi connectivity index (χ1) is 14.8. The Morgan fingerprint density at radius 2 is 1.53 bits per heavy atom. The molecule has 148 valence electrons. The number of hydrogen-bond acceptors (Lipinski definition) is 0. The zero-order chi connectivity index (χ0) is 20.3. The van der Waals surface area contributed by atoms with Gasteiger partial charge in [-0.25, -0.2) is 0 Å². The summed E-state index contributed by atoms with van der Waals surface area (Å²) in [7, 11) is 0. The average molecular weight is 468 g/mol. The molecule has 0 aromatic heterocycles. The van der Waals surface area contributed by atoms with Gasteiger partial charge in [-0.3, -0.25) is 0 Å². The molecule has 2 unspecified atom stereocenters. The van der Waals surface area contributed by atoms with Crippen LogP contribution in [0.25, 0.3) is 12.2 Å². The fourth-order valence-electron chi connectivity index (χ4n) is 4.82. The second-order valence-electron chi connectivity index (χ2n) is 8.46. The van der Waals surface area contributed by atoms with Crippen LogP contribution in [-0.2, 0) is 29.7 Å². The topological polar surface area (TPSA) is 0 Å². The van der Waals surface area contributed by atoms with Gasteiger partial charge in [-0.15, -0.1) is 0 Å². The standard InChI is InChI=1S/C19H19.C10H9.Zr/c1-2-3-7-15-8-6-10-17(14-15)19-13-12-16-9-4-5-11-18(16)19;1-8-6-7-9-4-2-3-5-10(8)9;/h4-6,9-14,19H,2-3,7H2,1H3;2-8H,1H2;. The van der Waals surface area contributed by atoms with E-state index in [0.717, 1.165) is 0 Å². The van der Waals surface area contributed by atoms with Crippen molar-refractivity contribution in [1.29, 1.82) is 0 Å². The van der Waals surface area contributed by atoms with Crippen LogP contribution in [0.1, 0.15) is 65.0 Å². The number of allylic oxidation sites excluding steroid dienone is 2. The van der Waals surface area contributed by atoms with E-state index in [1.165, 1.54) is 51.2 Å². The molecule has 1 heteroatoms. The normalized spacial score (nSPS) is 18.4. The van der Waals surface area contributed by atoms with Crippen molar-refractivity contribution in [2.24, 2.45) is 0 Å². The van der Waals surface area contributed by atoms with Crippen LogP contribution in [0.4, 0.5) is 0 Å². The van der Waals surface area contributed by atoms with Crippen LogP contribution in [0.15, 0.2) is 78.9 Å². The van der Waals surface area contributed by atoms with Gasteiger partial charge in [0.2, 0.25) is 0 Å². The minimum absolute atomic E-state index is 0.422. The first-order valence-electron chi connectivity index (χ1n) is 11.2. The van der Waals surface area contributed by atoms with E-state index >= 15 is 0 Å². The summed E-state index contributed by atoms with van der Waals surface area (Å²) in [6, 6.07) is 25.2. The quantitative estimate of drug-likeness (QED) is 0.347. The second kappa shape index (κ2) is 9.03. The number of hydrogen-bond donors (Lipinski definition) is 0. The summed E-state index contributed by atoms with van der Waals surface area (Å²) in [5, 5.41) is 0. The summed E-state index contributed by atoms with van der Waals surface area (Å²) in [5.41, 5.74) is 8.91. The molecular formula is C29H28Zr. The van der Waals surface area contributed by atoms with Crippen molar-refractivity contribution in [1.82, 2.24) is 0 Å². The molecule has 3 aromatic rings. The van der Waals surface area contributed by atoms with E-state index in [-0.39, 0.29) is 0 Å². The Morgan fingerprint density at radius 1 is 0.800 bits per heavy atom. The van der Waals surface area contributed by atoms with E-state index in [4.69, 9.17) is 0 Å². The van der Waals surface area contributed by atoms with Gasteiger partial charge in [0.25, 0.3) is 0 Å². The third-order valence-electron chi connectivity index (χ3n) is 6.50. The van der Waals surface area contributed by atoms with Crippen LogP contribution in [0.5, 0.6) is 0 Å². The van der Waals surface area contributed by atoms with Crippen molar-refractivity contribution < 1.29 is 23.2 Å². The third-order valence-corrected chi connectivity index (χ3v) is 10.2. The first-order valence-corrected chi connectivity index (χ1v) is 14.2. The number of benzene rings is 3. The summed E-state index contributed by atoms with van der Waals surface area (Å²) >= 11 is -0.629. The summed E-state index contributed by atoms with van der Waals surface area (Å²) in [5.74, 6) is 1.06. The van der Waals surface area contributed by atoms with Crippen molar-refractivity contribution in [3.05, 3.63) is 112 Å². The SMILES string of the molecule is CCCCc1cc(C2C=Cc3ccccc32)cc[c]1[Zr][CH2]C1C=Cc2ccccc21. The Balaban J connectivity index is 1.38. The Labute approximate surface area is 192 Å². The summed E-state index contributed by atoms with van der Waals surface area (Å²) in [6.45, 7) is 2.31. The molecule has 0 spiro atoms.